The van der Waals surface area contributed by atoms with Gasteiger partial charge in [-0.15, -0.1) is 0 Å². The van der Waals surface area contributed by atoms with Gasteiger partial charge in [-0.2, -0.15) is 15.0 Å². The number of hydrazine groups is 1. The van der Waals surface area contributed by atoms with E-state index in [4.69, 9.17) is 22.2 Å². The fourth-order valence-corrected chi connectivity index (χ4v) is 2.28. The molecule has 0 spiro atoms. The topological polar surface area (TPSA) is 86.0 Å². The largest absolute Gasteiger partial charge is 0.464 e. The molecule has 0 bridgehead atoms. The van der Waals surface area contributed by atoms with Crippen molar-refractivity contribution in [3.05, 3.63) is 29.3 Å². The van der Waals surface area contributed by atoms with E-state index in [2.05, 4.69) is 20.4 Å². The molecule has 2 aromatic rings. The Labute approximate surface area is 119 Å². The highest BCUT2D eigenvalue weighted by Crippen LogP contribution is 2.31. The van der Waals surface area contributed by atoms with E-state index >= 15 is 0 Å². The van der Waals surface area contributed by atoms with E-state index in [0.29, 0.717) is 16.8 Å². The number of rotatable bonds is 5. The number of anilines is 1. The maximum absolute atomic E-state index is 6.09. The number of ether oxygens (including phenoxy) is 1. The minimum absolute atomic E-state index is 0.222. The van der Waals surface area contributed by atoms with Gasteiger partial charge < -0.3 is 4.74 Å². The lowest BCUT2D eigenvalue weighted by Crippen LogP contribution is -2.12. The highest BCUT2D eigenvalue weighted by molar-refractivity contribution is 7.99. The average molecular weight is 298 g/mol. The Hall–Kier alpha value is -1.57. The van der Waals surface area contributed by atoms with Gasteiger partial charge in [-0.25, -0.2) is 5.84 Å². The third-order valence-electron chi connectivity index (χ3n) is 2.03. The molecule has 0 radical (unpaired) electrons. The summed E-state index contributed by atoms with van der Waals surface area (Å²) in [5.41, 5.74) is 2.38. The van der Waals surface area contributed by atoms with E-state index in [1.165, 1.54) is 11.8 Å². The number of hydrogen-bond donors (Lipinski definition) is 2. The van der Waals surface area contributed by atoms with Crippen LogP contribution in [0.25, 0.3) is 0 Å². The Bertz CT molecular complexity index is 569. The van der Waals surface area contributed by atoms with Gasteiger partial charge in [0.05, 0.1) is 11.6 Å². The lowest BCUT2D eigenvalue weighted by molar-refractivity contribution is 0.308. The summed E-state index contributed by atoms with van der Waals surface area (Å²) in [5.74, 6) is 5.56. The molecular formula is C11H12ClN5OS. The van der Waals surface area contributed by atoms with Crippen molar-refractivity contribution in [1.82, 2.24) is 15.0 Å². The van der Waals surface area contributed by atoms with E-state index in [0.717, 1.165) is 4.90 Å². The Kier molecular flexibility index (Phi) is 4.78. The molecule has 0 unspecified atom stereocenters. The smallest absolute Gasteiger partial charge is 0.322 e. The second-order valence-electron chi connectivity index (χ2n) is 3.33. The lowest BCUT2D eigenvalue weighted by atomic mass is 10.4. The van der Waals surface area contributed by atoms with Crippen molar-refractivity contribution >= 4 is 29.3 Å². The third-order valence-corrected chi connectivity index (χ3v) is 3.42. The molecule has 2 rings (SSSR count). The predicted molar refractivity (Wildman–Crippen MR) is 74.4 cm³/mol. The average Bonchev–Trinajstić information content (AvgIpc) is 2.41. The fourth-order valence-electron chi connectivity index (χ4n) is 1.27. The van der Waals surface area contributed by atoms with Gasteiger partial charge in [-0.1, -0.05) is 23.7 Å². The quantitative estimate of drug-likeness (QED) is 0.647. The Morgan fingerprint density at radius 2 is 2.11 bits per heavy atom. The standard InChI is InChI=1S/C11H12ClN5OS/c1-2-18-10-14-9(17-13)15-11(16-10)19-8-6-4-3-5-7(8)12/h3-6H,2,13H2,1H3,(H,14,15,16,17). The van der Waals surface area contributed by atoms with Gasteiger partial charge in [-0.05, 0) is 30.8 Å². The van der Waals surface area contributed by atoms with Crippen LogP contribution in [0.5, 0.6) is 6.01 Å². The molecule has 6 nitrogen and oxygen atoms in total. The molecule has 1 aromatic carbocycles. The van der Waals surface area contributed by atoms with Crippen LogP contribution in [0.2, 0.25) is 5.02 Å². The van der Waals surface area contributed by atoms with Gasteiger partial charge in [0.15, 0.2) is 0 Å². The summed E-state index contributed by atoms with van der Waals surface area (Å²) in [5, 5.41) is 1.09. The Balaban J connectivity index is 2.29. The first-order valence-corrected chi connectivity index (χ1v) is 6.70. The van der Waals surface area contributed by atoms with Crippen LogP contribution in [0.15, 0.2) is 34.3 Å². The van der Waals surface area contributed by atoms with Gasteiger partial charge in [0, 0.05) is 4.90 Å². The van der Waals surface area contributed by atoms with Crippen molar-refractivity contribution in [2.75, 3.05) is 12.0 Å². The number of aromatic nitrogens is 3. The molecule has 100 valence electrons. The zero-order valence-corrected chi connectivity index (χ0v) is 11.7. The first-order chi connectivity index (χ1) is 9.22. The summed E-state index contributed by atoms with van der Waals surface area (Å²) in [6.07, 6.45) is 0. The molecule has 0 saturated heterocycles. The molecule has 0 amide bonds. The summed E-state index contributed by atoms with van der Waals surface area (Å²) in [7, 11) is 0. The number of nitrogen functional groups attached to an aromatic ring is 1. The molecule has 19 heavy (non-hydrogen) atoms. The molecule has 1 aromatic heterocycles. The van der Waals surface area contributed by atoms with Crippen molar-refractivity contribution in [3.63, 3.8) is 0 Å². The Morgan fingerprint density at radius 3 is 2.79 bits per heavy atom. The van der Waals surface area contributed by atoms with Crippen LogP contribution in [0.1, 0.15) is 6.92 Å². The zero-order valence-electron chi connectivity index (χ0n) is 10.1. The molecule has 3 N–H and O–H groups in total. The van der Waals surface area contributed by atoms with Gasteiger partial charge >= 0.3 is 6.01 Å². The van der Waals surface area contributed by atoms with Crippen molar-refractivity contribution in [1.29, 1.82) is 0 Å². The van der Waals surface area contributed by atoms with Gasteiger partial charge in [0.2, 0.25) is 11.1 Å². The maximum Gasteiger partial charge on any atom is 0.322 e. The SMILES string of the molecule is CCOc1nc(NN)nc(Sc2ccccc2Cl)n1. The van der Waals surface area contributed by atoms with Gasteiger partial charge in [0.1, 0.15) is 0 Å². The first-order valence-electron chi connectivity index (χ1n) is 5.50. The first kappa shape index (κ1) is 13.9. The summed E-state index contributed by atoms with van der Waals surface area (Å²) >= 11 is 7.40. The van der Waals surface area contributed by atoms with Gasteiger partial charge in [0.25, 0.3) is 0 Å². The third kappa shape index (κ3) is 3.69. The number of nitrogens with zero attached hydrogens (tertiary/aromatic N) is 3. The highest BCUT2D eigenvalue weighted by atomic mass is 35.5. The van der Waals surface area contributed by atoms with E-state index in [1.54, 1.807) is 6.07 Å². The molecule has 0 fully saturated rings. The van der Waals surface area contributed by atoms with Crippen LogP contribution >= 0.6 is 23.4 Å². The second kappa shape index (κ2) is 6.55. The van der Waals surface area contributed by atoms with Crippen molar-refractivity contribution in [3.8, 4) is 6.01 Å². The summed E-state index contributed by atoms with van der Waals surface area (Å²) < 4.78 is 5.25. The molecule has 1 heterocycles. The van der Waals surface area contributed by atoms with Crippen LogP contribution in [0.3, 0.4) is 0 Å². The van der Waals surface area contributed by atoms with E-state index < -0.39 is 0 Å². The number of halogens is 1. The van der Waals surface area contributed by atoms with E-state index in [9.17, 15) is 0 Å². The van der Waals surface area contributed by atoms with E-state index in [-0.39, 0.29) is 12.0 Å². The van der Waals surface area contributed by atoms with Crippen molar-refractivity contribution in [2.45, 2.75) is 17.0 Å². The molecule has 8 heteroatoms. The summed E-state index contributed by atoms with van der Waals surface area (Å²) in [4.78, 5) is 13.1. The van der Waals surface area contributed by atoms with Crippen LogP contribution in [0.4, 0.5) is 5.95 Å². The molecule has 0 aliphatic heterocycles. The summed E-state index contributed by atoms with van der Waals surface area (Å²) in [6, 6.07) is 7.66. The summed E-state index contributed by atoms with van der Waals surface area (Å²) in [6.45, 7) is 2.31. The number of hydrogen-bond acceptors (Lipinski definition) is 7. The Morgan fingerprint density at radius 1 is 1.32 bits per heavy atom. The minimum atomic E-state index is 0.222. The minimum Gasteiger partial charge on any atom is -0.464 e. The number of nitrogens with two attached hydrogens (primary N) is 1. The maximum atomic E-state index is 6.09. The van der Waals surface area contributed by atoms with Crippen molar-refractivity contribution < 1.29 is 4.74 Å². The molecular weight excluding hydrogens is 286 g/mol. The van der Waals surface area contributed by atoms with Crippen LogP contribution in [0, 0.1) is 0 Å². The normalized spacial score (nSPS) is 10.3. The number of nitrogens with one attached hydrogen (secondary N) is 1. The van der Waals surface area contributed by atoms with Crippen LogP contribution in [-0.2, 0) is 0 Å². The molecule has 0 saturated carbocycles. The number of benzene rings is 1. The highest BCUT2D eigenvalue weighted by Gasteiger charge is 2.09. The van der Waals surface area contributed by atoms with Crippen LogP contribution in [-0.4, -0.2) is 21.6 Å². The fraction of sp³-hybridized carbons (Fsp3) is 0.182. The van der Waals surface area contributed by atoms with Crippen LogP contribution < -0.4 is 16.0 Å². The monoisotopic (exact) mass is 297 g/mol. The second-order valence-corrected chi connectivity index (χ2v) is 4.75. The molecule has 0 atom stereocenters. The molecule has 0 aliphatic rings. The van der Waals surface area contributed by atoms with Crippen molar-refractivity contribution in [2.24, 2.45) is 5.84 Å². The lowest BCUT2D eigenvalue weighted by Gasteiger charge is -2.07. The van der Waals surface area contributed by atoms with Gasteiger partial charge in [-0.3, -0.25) is 5.43 Å². The molecule has 0 aliphatic carbocycles. The zero-order chi connectivity index (χ0) is 13.7. The van der Waals surface area contributed by atoms with E-state index in [1.807, 2.05) is 25.1 Å². The predicted octanol–water partition coefficient (Wildman–Crippen LogP) is 2.36.